The molecule has 0 saturated carbocycles. The smallest absolute Gasteiger partial charge is 0.133 e. The van der Waals surface area contributed by atoms with Crippen LogP contribution >= 0.6 is 0 Å². The molecule has 1 heterocycles. The van der Waals surface area contributed by atoms with E-state index in [4.69, 9.17) is 5.11 Å². The lowest BCUT2D eigenvalue weighted by Crippen LogP contribution is -2.43. The van der Waals surface area contributed by atoms with Crippen molar-refractivity contribution in [3.63, 3.8) is 0 Å². The minimum atomic E-state index is 0.219. The maximum Gasteiger partial charge on any atom is 0.133 e. The van der Waals surface area contributed by atoms with Crippen molar-refractivity contribution in [2.45, 2.75) is 52.1 Å². The normalized spacial score (nSPS) is 11.7. The highest BCUT2D eigenvalue weighted by Gasteiger charge is 2.22. The molecule has 0 spiro atoms. The first-order valence-electron chi connectivity index (χ1n) is 6.04. The van der Waals surface area contributed by atoms with Gasteiger partial charge in [0, 0.05) is 12.1 Å². The van der Waals surface area contributed by atoms with E-state index in [0.29, 0.717) is 0 Å². The fourth-order valence-electron chi connectivity index (χ4n) is 1.92. The van der Waals surface area contributed by atoms with Crippen molar-refractivity contribution in [1.82, 2.24) is 10.3 Å². The first kappa shape index (κ1) is 13.0. The topological polar surface area (TPSA) is 45.1 Å². The number of hydrogen-bond acceptors (Lipinski definition) is 3. The Morgan fingerprint density at radius 1 is 1.19 bits per heavy atom. The van der Waals surface area contributed by atoms with E-state index in [1.54, 1.807) is 6.07 Å². The second-order valence-corrected chi connectivity index (χ2v) is 4.20. The van der Waals surface area contributed by atoms with Crippen molar-refractivity contribution in [2.75, 3.05) is 0 Å². The van der Waals surface area contributed by atoms with Gasteiger partial charge in [-0.2, -0.15) is 0 Å². The molecule has 0 saturated heterocycles. The molecule has 90 valence electrons. The van der Waals surface area contributed by atoms with Crippen LogP contribution in [0.2, 0.25) is 0 Å². The van der Waals surface area contributed by atoms with Crippen molar-refractivity contribution in [1.29, 1.82) is 0 Å². The van der Waals surface area contributed by atoms with Crippen LogP contribution in [0.4, 0.5) is 0 Å². The van der Waals surface area contributed by atoms with Crippen molar-refractivity contribution in [2.24, 2.45) is 0 Å². The maximum atomic E-state index is 9.14. The molecule has 0 bridgehead atoms. The van der Waals surface area contributed by atoms with Gasteiger partial charge in [0.25, 0.3) is 0 Å². The summed E-state index contributed by atoms with van der Waals surface area (Å²) in [6, 6.07) is 3.53. The minimum absolute atomic E-state index is 0.219. The summed E-state index contributed by atoms with van der Waals surface area (Å²) in [7, 11) is 0. The Morgan fingerprint density at radius 3 is 2.25 bits per heavy atom. The van der Waals surface area contributed by atoms with E-state index in [1.165, 1.54) is 6.20 Å². The fraction of sp³-hybridized carbons (Fsp3) is 0.615. The molecule has 0 atom stereocenters. The number of aromatic nitrogens is 1. The molecule has 1 aromatic rings. The van der Waals surface area contributed by atoms with Crippen molar-refractivity contribution < 1.29 is 5.11 Å². The summed E-state index contributed by atoms with van der Waals surface area (Å²) in [6.07, 6.45) is 4.86. The van der Waals surface area contributed by atoms with E-state index in [2.05, 4.69) is 31.1 Å². The molecule has 0 aliphatic rings. The first-order chi connectivity index (χ1) is 7.65. The van der Waals surface area contributed by atoms with Gasteiger partial charge in [-0.15, -0.1) is 0 Å². The average Bonchev–Trinajstić information content (AvgIpc) is 2.34. The molecule has 1 rings (SSSR count). The lowest BCUT2D eigenvalue weighted by atomic mass is 9.90. The summed E-state index contributed by atoms with van der Waals surface area (Å²) < 4.78 is 0. The molecule has 0 aromatic carbocycles. The van der Waals surface area contributed by atoms with Gasteiger partial charge < -0.3 is 10.4 Å². The van der Waals surface area contributed by atoms with Gasteiger partial charge in [0.2, 0.25) is 0 Å². The zero-order chi connectivity index (χ0) is 12.0. The highest BCUT2D eigenvalue weighted by molar-refractivity contribution is 5.17. The van der Waals surface area contributed by atoms with E-state index in [1.807, 2.05) is 6.07 Å². The molecular weight excluding hydrogens is 200 g/mol. The minimum Gasteiger partial charge on any atom is -0.506 e. The molecule has 0 unspecified atom stereocenters. The number of hydrogen-bond donors (Lipinski definition) is 2. The van der Waals surface area contributed by atoms with Gasteiger partial charge in [-0.05, 0) is 31.4 Å². The van der Waals surface area contributed by atoms with Gasteiger partial charge in [-0.1, -0.05) is 20.8 Å². The third kappa shape index (κ3) is 3.20. The van der Waals surface area contributed by atoms with Crippen LogP contribution in [0, 0.1) is 0 Å². The molecule has 0 aliphatic heterocycles. The molecule has 3 nitrogen and oxygen atoms in total. The van der Waals surface area contributed by atoms with Crippen molar-refractivity contribution >= 4 is 0 Å². The van der Waals surface area contributed by atoms with Gasteiger partial charge in [0.1, 0.15) is 5.75 Å². The maximum absolute atomic E-state index is 9.14. The van der Waals surface area contributed by atoms with Crippen molar-refractivity contribution in [3.8, 4) is 5.75 Å². The second-order valence-electron chi connectivity index (χ2n) is 4.20. The molecule has 2 N–H and O–H groups in total. The molecule has 16 heavy (non-hydrogen) atoms. The summed E-state index contributed by atoms with van der Waals surface area (Å²) >= 11 is 0. The second kappa shape index (κ2) is 5.85. The fourth-order valence-corrected chi connectivity index (χ4v) is 1.92. The molecule has 0 aliphatic carbocycles. The van der Waals surface area contributed by atoms with Crippen LogP contribution in [0.3, 0.4) is 0 Å². The number of pyridine rings is 1. The van der Waals surface area contributed by atoms with E-state index in [0.717, 1.165) is 31.5 Å². The highest BCUT2D eigenvalue weighted by Crippen LogP contribution is 2.19. The number of rotatable bonds is 6. The van der Waals surface area contributed by atoms with Crippen LogP contribution in [0.5, 0.6) is 5.75 Å². The zero-order valence-electron chi connectivity index (χ0n) is 10.5. The summed E-state index contributed by atoms with van der Waals surface area (Å²) in [5, 5.41) is 12.7. The Balaban J connectivity index is 2.58. The number of nitrogens with zero attached hydrogens (tertiary/aromatic N) is 1. The molecule has 0 radical (unpaired) electrons. The summed E-state index contributed by atoms with van der Waals surface area (Å²) in [5.41, 5.74) is 1.19. The Bertz CT molecular complexity index is 296. The lowest BCUT2D eigenvalue weighted by molar-refractivity contribution is 0.286. The van der Waals surface area contributed by atoms with E-state index >= 15 is 0 Å². The number of nitrogens with one attached hydrogen (secondary N) is 1. The van der Waals surface area contributed by atoms with E-state index in [-0.39, 0.29) is 11.3 Å². The molecule has 3 heteroatoms. The van der Waals surface area contributed by atoms with Gasteiger partial charge >= 0.3 is 0 Å². The van der Waals surface area contributed by atoms with Crippen LogP contribution in [-0.4, -0.2) is 15.6 Å². The Hall–Kier alpha value is -1.09. The Morgan fingerprint density at radius 2 is 1.81 bits per heavy atom. The molecule has 0 fully saturated rings. The largest absolute Gasteiger partial charge is 0.506 e. The Labute approximate surface area is 97.9 Å². The Kier molecular flexibility index (Phi) is 4.74. The predicted octanol–water partition coefficient (Wildman–Crippen LogP) is 2.85. The monoisotopic (exact) mass is 222 g/mol. The van der Waals surface area contributed by atoms with E-state index in [9.17, 15) is 0 Å². The highest BCUT2D eigenvalue weighted by atomic mass is 16.3. The average molecular weight is 222 g/mol. The van der Waals surface area contributed by atoms with Crippen molar-refractivity contribution in [3.05, 3.63) is 24.0 Å². The van der Waals surface area contributed by atoms with Gasteiger partial charge in [-0.25, -0.2) is 0 Å². The lowest BCUT2D eigenvalue weighted by Gasteiger charge is -2.31. The quantitative estimate of drug-likeness (QED) is 0.778. The van der Waals surface area contributed by atoms with Crippen LogP contribution in [-0.2, 0) is 6.54 Å². The van der Waals surface area contributed by atoms with Crippen LogP contribution < -0.4 is 5.32 Å². The predicted molar refractivity (Wildman–Crippen MR) is 66.3 cm³/mol. The summed E-state index contributed by atoms with van der Waals surface area (Å²) in [6.45, 7) is 7.40. The molecular formula is C13H22N2O. The van der Waals surface area contributed by atoms with Gasteiger partial charge in [0.15, 0.2) is 0 Å². The summed E-state index contributed by atoms with van der Waals surface area (Å²) in [5.74, 6) is 0.219. The van der Waals surface area contributed by atoms with E-state index < -0.39 is 0 Å². The van der Waals surface area contributed by atoms with Gasteiger partial charge in [0.05, 0.1) is 11.9 Å². The van der Waals surface area contributed by atoms with Crippen LogP contribution in [0.15, 0.2) is 18.3 Å². The first-order valence-corrected chi connectivity index (χ1v) is 6.04. The third-order valence-electron chi connectivity index (χ3n) is 3.48. The third-order valence-corrected chi connectivity index (χ3v) is 3.48. The molecule has 0 amide bonds. The SMILES string of the molecule is CCC(CC)(CC)NCc1ccc(O)cn1. The standard InChI is InChI=1S/C13H22N2O/c1-4-13(5-2,6-3)15-9-11-7-8-12(16)10-14-11/h7-8,10,15-16H,4-6,9H2,1-3H3. The van der Waals surface area contributed by atoms with Crippen LogP contribution in [0.25, 0.3) is 0 Å². The number of aromatic hydroxyl groups is 1. The summed E-state index contributed by atoms with van der Waals surface area (Å²) in [4.78, 5) is 4.17. The zero-order valence-corrected chi connectivity index (χ0v) is 10.5. The van der Waals surface area contributed by atoms with Gasteiger partial charge in [-0.3, -0.25) is 4.98 Å². The molecule has 1 aromatic heterocycles. The van der Waals surface area contributed by atoms with Crippen LogP contribution in [0.1, 0.15) is 45.7 Å².